The van der Waals surface area contributed by atoms with Crippen LogP contribution in [0.3, 0.4) is 0 Å². The first kappa shape index (κ1) is 17.1. The molecule has 134 valence electrons. The van der Waals surface area contributed by atoms with E-state index in [-0.39, 0.29) is 12.6 Å². The molecule has 1 aliphatic carbocycles. The summed E-state index contributed by atoms with van der Waals surface area (Å²) in [7, 11) is 0. The van der Waals surface area contributed by atoms with Crippen molar-refractivity contribution in [1.29, 1.82) is 0 Å². The lowest BCUT2D eigenvalue weighted by Gasteiger charge is -2.07. The first-order valence-corrected chi connectivity index (χ1v) is 9.58. The second-order valence-corrected chi connectivity index (χ2v) is 7.38. The molecule has 26 heavy (non-hydrogen) atoms. The van der Waals surface area contributed by atoms with E-state index in [1.807, 2.05) is 17.5 Å². The predicted octanol–water partition coefficient (Wildman–Crippen LogP) is 3.84. The Kier molecular flexibility index (Phi) is 4.90. The Morgan fingerprint density at radius 3 is 3.00 bits per heavy atom. The Hall–Kier alpha value is -2.38. The number of nitrogens with zero attached hydrogens (tertiary/aromatic N) is 3. The van der Waals surface area contributed by atoms with Crippen LogP contribution < -0.4 is 10.1 Å². The number of hydrogen-bond donors (Lipinski definition) is 1. The lowest BCUT2D eigenvalue weighted by Crippen LogP contribution is -2.23. The van der Waals surface area contributed by atoms with E-state index in [4.69, 9.17) is 16.3 Å². The van der Waals surface area contributed by atoms with Gasteiger partial charge in [0.1, 0.15) is 11.4 Å². The molecule has 0 spiro atoms. The molecule has 0 bridgehead atoms. The van der Waals surface area contributed by atoms with E-state index in [0.29, 0.717) is 28.9 Å². The Labute approximate surface area is 159 Å². The van der Waals surface area contributed by atoms with Crippen LogP contribution in [-0.2, 0) is 13.3 Å². The molecule has 6 nitrogen and oxygen atoms in total. The van der Waals surface area contributed by atoms with Gasteiger partial charge in [-0.05, 0) is 31.0 Å². The van der Waals surface area contributed by atoms with Gasteiger partial charge in [0.2, 0.25) is 0 Å². The van der Waals surface area contributed by atoms with E-state index in [1.165, 1.54) is 17.8 Å². The molecule has 1 fully saturated rings. The standard InChI is InChI=1S/C18H17ClN4O2S/c19-14-3-1-2-4-16(14)25-11-23-8-7-15(22-23)17(24)20-9-13-10-26-18(21-13)12-5-6-12/h1-4,7-8,10,12H,5-6,9,11H2,(H,20,24). The molecule has 0 saturated heterocycles. The highest BCUT2D eigenvalue weighted by atomic mass is 35.5. The third-order valence-electron chi connectivity index (χ3n) is 3.99. The average Bonchev–Trinajstić information content (AvgIpc) is 3.20. The van der Waals surface area contributed by atoms with Crippen LogP contribution in [-0.4, -0.2) is 20.7 Å². The summed E-state index contributed by atoms with van der Waals surface area (Å²) in [6.45, 7) is 0.582. The van der Waals surface area contributed by atoms with Gasteiger partial charge in [0.15, 0.2) is 6.73 Å². The molecule has 8 heteroatoms. The van der Waals surface area contributed by atoms with Gasteiger partial charge >= 0.3 is 0 Å². The number of rotatable bonds is 7. The molecular formula is C18H17ClN4O2S. The molecule has 1 amide bonds. The topological polar surface area (TPSA) is 69.0 Å². The lowest BCUT2D eigenvalue weighted by atomic mass is 10.3. The molecule has 2 aromatic heterocycles. The molecule has 4 rings (SSSR count). The number of hydrogen-bond acceptors (Lipinski definition) is 5. The van der Waals surface area contributed by atoms with E-state index in [0.717, 1.165) is 5.69 Å². The fourth-order valence-corrected chi connectivity index (χ4v) is 3.62. The summed E-state index contributed by atoms with van der Waals surface area (Å²) in [5.74, 6) is 0.978. The molecule has 0 radical (unpaired) electrons. The van der Waals surface area contributed by atoms with Crippen molar-refractivity contribution >= 4 is 28.8 Å². The van der Waals surface area contributed by atoms with Crippen LogP contribution in [0, 0.1) is 0 Å². The molecule has 2 heterocycles. The van der Waals surface area contributed by atoms with Gasteiger partial charge in [-0.1, -0.05) is 23.7 Å². The summed E-state index contributed by atoms with van der Waals surface area (Å²) in [5, 5.41) is 10.8. The highest BCUT2D eigenvalue weighted by Gasteiger charge is 2.26. The first-order valence-electron chi connectivity index (χ1n) is 8.32. The van der Waals surface area contributed by atoms with Crippen molar-refractivity contribution in [3.63, 3.8) is 0 Å². The van der Waals surface area contributed by atoms with Gasteiger partial charge in [-0.2, -0.15) is 5.10 Å². The van der Waals surface area contributed by atoms with Gasteiger partial charge in [0.05, 0.1) is 22.3 Å². The molecule has 3 aromatic rings. The largest absolute Gasteiger partial charge is 0.470 e. The van der Waals surface area contributed by atoms with Crippen LogP contribution >= 0.6 is 22.9 Å². The van der Waals surface area contributed by atoms with Crippen LogP contribution in [0.2, 0.25) is 5.02 Å². The number of carbonyl (C=O) groups excluding carboxylic acids is 1. The SMILES string of the molecule is O=C(NCc1csc(C2CC2)n1)c1ccn(COc2ccccc2Cl)n1. The van der Waals surface area contributed by atoms with Gasteiger partial charge in [-0.15, -0.1) is 11.3 Å². The van der Waals surface area contributed by atoms with Crippen molar-refractivity contribution < 1.29 is 9.53 Å². The number of benzene rings is 1. The highest BCUT2D eigenvalue weighted by molar-refractivity contribution is 7.09. The monoisotopic (exact) mass is 388 g/mol. The lowest BCUT2D eigenvalue weighted by molar-refractivity contribution is 0.0943. The molecule has 1 aliphatic rings. The molecule has 0 atom stereocenters. The zero-order chi connectivity index (χ0) is 17.9. The number of para-hydroxylation sites is 1. The number of halogens is 1. The van der Waals surface area contributed by atoms with E-state index in [1.54, 1.807) is 40.4 Å². The van der Waals surface area contributed by atoms with Crippen molar-refractivity contribution in [2.24, 2.45) is 0 Å². The minimum atomic E-state index is -0.234. The summed E-state index contributed by atoms with van der Waals surface area (Å²) in [6.07, 6.45) is 4.15. The average molecular weight is 389 g/mol. The highest BCUT2D eigenvalue weighted by Crippen LogP contribution is 2.41. The summed E-state index contributed by atoms with van der Waals surface area (Å²) in [4.78, 5) is 16.8. The van der Waals surface area contributed by atoms with Crippen LogP contribution in [0.4, 0.5) is 0 Å². The van der Waals surface area contributed by atoms with Gasteiger partial charge in [-0.25, -0.2) is 9.67 Å². The Morgan fingerprint density at radius 1 is 1.35 bits per heavy atom. The van der Waals surface area contributed by atoms with Crippen LogP contribution in [0.5, 0.6) is 5.75 Å². The molecule has 0 aliphatic heterocycles. The predicted molar refractivity (Wildman–Crippen MR) is 99.6 cm³/mol. The van der Waals surface area contributed by atoms with Crippen molar-refractivity contribution in [1.82, 2.24) is 20.1 Å². The summed E-state index contributed by atoms with van der Waals surface area (Å²) >= 11 is 7.71. The minimum Gasteiger partial charge on any atom is -0.470 e. The molecule has 1 aromatic carbocycles. The summed E-state index contributed by atoms with van der Waals surface area (Å²) in [5.41, 5.74) is 1.23. The normalized spacial score (nSPS) is 13.6. The second-order valence-electron chi connectivity index (χ2n) is 6.08. The Balaban J connectivity index is 1.30. The van der Waals surface area contributed by atoms with E-state index in [2.05, 4.69) is 15.4 Å². The maximum absolute atomic E-state index is 12.2. The van der Waals surface area contributed by atoms with Crippen LogP contribution in [0.25, 0.3) is 0 Å². The summed E-state index contributed by atoms with van der Waals surface area (Å²) in [6, 6.07) is 8.87. The maximum atomic E-state index is 12.2. The maximum Gasteiger partial charge on any atom is 0.272 e. The van der Waals surface area contributed by atoms with Gasteiger partial charge in [-0.3, -0.25) is 4.79 Å². The van der Waals surface area contributed by atoms with Crippen LogP contribution in [0.15, 0.2) is 41.9 Å². The molecule has 1 saturated carbocycles. The third kappa shape index (κ3) is 4.05. The summed E-state index contributed by atoms with van der Waals surface area (Å²) < 4.78 is 7.15. The number of thiazole rings is 1. The zero-order valence-corrected chi connectivity index (χ0v) is 15.5. The second kappa shape index (κ2) is 7.47. The van der Waals surface area contributed by atoms with Crippen LogP contribution in [0.1, 0.15) is 39.9 Å². The quantitative estimate of drug-likeness (QED) is 0.667. The van der Waals surface area contributed by atoms with Gasteiger partial charge < -0.3 is 10.1 Å². The Bertz CT molecular complexity index is 919. The van der Waals surface area contributed by atoms with Gasteiger partial charge in [0, 0.05) is 17.5 Å². The molecular weight excluding hydrogens is 372 g/mol. The molecule has 0 unspecified atom stereocenters. The Morgan fingerprint density at radius 2 is 2.19 bits per heavy atom. The fourth-order valence-electron chi connectivity index (χ4n) is 2.44. The number of nitrogens with one attached hydrogen (secondary N) is 1. The number of carbonyl (C=O) groups is 1. The van der Waals surface area contributed by atoms with Crippen molar-refractivity contribution in [3.8, 4) is 5.75 Å². The van der Waals surface area contributed by atoms with E-state index >= 15 is 0 Å². The zero-order valence-electron chi connectivity index (χ0n) is 13.9. The smallest absolute Gasteiger partial charge is 0.272 e. The van der Waals surface area contributed by atoms with Crippen molar-refractivity contribution in [2.75, 3.05) is 0 Å². The van der Waals surface area contributed by atoms with E-state index < -0.39 is 0 Å². The van der Waals surface area contributed by atoms with Crippen molar-refractivity contribution in [2.45, 2.75) is 32.0 Å². The van der Waals surface area contributed by atoms with Crippen molar-refractivity contribution in [3.05, 3.63) is 63.3 Å². The first-order chi connectivity index (χ1) is 12.7. The molecule has 1 N–H and O–H groups in total. The van der Waals surface area contributed by atoms with E-state index in [9.17, 15) is 4.79 Å². The number of ether oxygens (including phenoxy) is 1. The number of aromatic nitrogens is 3. The van der Waals surface area contributed by atoms with Gasteiger partial charge in [0.25, 0.3) is 5.91 Å². The fraction of sp³-hybridized carbons (Fsp3) is 0.278. The number of amides is 1. The minimum absolute atomic E-state index is 0.174. The third-order valence-corrected chi connectivity index (χ3v) is 5.36.